The van der Waals surface area contributed by atoms with Crippen LogP contribution in [0.15, 0.2) is 0 Å². The van der Waals surface area contributed by atoms with Crippen molar-refractivity contribution in [3.63, 3.8) is 0 Å². The van der Waals surface area contributed by atoms with Gasteiger partial charge in [-0.05, 0) is 44.6 Å². The highest BCUT2D eigenvalue weighted by atomic mass is 16.5. The van der Waals surface area contributed by atoms with Gasteiger partial charge in [0.1, 0.15) is 5.69 Å². The van der Waals surface area contributed by atoms with E-state index in [4.69, 9.17) is 4.74 Å². The van der Waals surface area contributed by atoms with Gasteiger partial charge in [0, 0.05) is 30.7 Å². The van der Waals surface area contributed by atoms with E-state index in [1.807, 2.05) is 13.8 Å². The number of hydrogen-bond donors (Lipinski definition) is 2. The Hall–Kier alpha value is -2.31. The number of hydrogen-bond acceptors (Lipinski definition) is 4. The van der Waals surface area contributed by atoms with Gasteiger partial charge in [0.2, 0.25) is 5.91 Å². The van der Waals surface area contributed by atoms with E-state index in [0.29, 0.717) is 55.2 Å². The molecule has 1 aliphatic rings. The largest absolute Gasteiger partial charge is 0.465 e. The highest BCUT2D eigenvalue weighted by Crippen LogP contribution is 2.25. The Labute approximate surface area is 173 Å². The molecule has 2 rings (SSSR count). The minimum absolute atomic E-state index is 0.0635. The van der Waals surface area contributed by atoms with Gasteiger partial charge in [-0.1, -0.05) is 27.2 Å². The minimum Gasteiger partial charge on any atom is -0.465 e. The maximum absolute atomic E-state index is 13.2. The second kappa shape index (κ2) is 9.94. The maximum Gasteiger partial charge on any atom is 0.339 e. The molecule has 2 amide bonds. The number of amides is 2. The molecule has 2 N–H and O–H groups in total. The first-order valence-electron chi connectivity index (χ1n) is 10.6. The Morgan fingerprint density at radius 3 is 2.34 bits per heavy atom. The summed E-state index contributed by atoms with van der Waals surface area (Å²) < 4.78 is 4.90. The van der Waals surface area contributed by atoms with Gasteiger partial charge in [-0.2, -0.15) is 0 Å². The Balaban J connectivity index is 2.09. The van der Waals surface area contributed by atoms with E-state index in [9.17, 15) is 14.4 Å². The molecule has 0 aromatic carbocycles. The molecule has 0 saturated carbocycles. The number of methoxy groups -OCH3 is 1. The van der Waals surface area contributed by atoms with Gasteiger partial charge in [0.05, 0.1) is 12.7 Å². The van der Waals surface area contributed by atoms with Crippen LogP contribution in [0.3, 0.4) is 0 Å². The third-order valence-electron chi connectivity index (χ3n) is 5.92. The second-order valence-corrected chi connectivity index (χ2v) is 8.33. The Kier molecular flexibility index (Phi) is 7.88. The maximum atomic E-state index is 13.2. The van der Waals surface area contributed by atoms with Crippen LogP contribution in [0.4, 0.5) is 0 Å². The monoisotopic (exact) mass is 405 g/mol. The van der Waals surface area contributed by atoms with Crippen molar-refractivity contribution in [3.05, 3.63) is 22.5 Å². The fourth-order valence-corrected chi connectivity index (χ4v) is 3.75. The number of ether oxygens (including phenoxy) is 1. The van der Waals surface area contributed by atoms with Crippen LogP contribution in [-0.2, 0) is 16.0 Å². The topological polar surface area (TPSA) is 91.5 Å². The van der Waals surface area contributed by atoms with E-state index >= 15 is 0 Å². The normalized spacial score (nSPS) is 16.0. The van der Waals surface area contributed by atoms with Crippen molar-refractivity contribution in [1.29, 1.82) is 0 Å². The molecule has 1 saturated heterocycles. The summed E-state index contributed by atoms with van der Waals surface area (Å²) in [4.78, 5) is 42.7. The molecule has 1 aromatic heterocycles. The van der Waals surface area contributed by atoms with Gasteiger partial charge >= 0.3 is 5.97 Å². The molecule has 7 heteroatoms. The second-order valence-electron chi connectivity index (χ2n) is 8.33. The van der Waals surface area contributed by atoms with Crippen molar-refractivity contribution in [1.82, 2.24) is 15.2 Å². The molecule has 0 radical (unpaired) electrons. The number of rotatable bonds is 7. The summed E-state index contributed by atoms with van der Waals surface area (Å²) in [6.45, 7) is 11.0. The molecule has 162 valence electrons. The number of nitrogens with one attached hydrogen (secondary N) is 2. The summed E-state index contributed by atoms with van der Waals surface area (Å²) in [6.07, 6.45) is 2.74. The van der Waals surface area contributed by atoms with Gasteiger partial charge in [-0.15, -0.1) is 0 Å². The summed E-state index contributed by atoms with van der Waals surface area (Å²) in [6, 6.07) is 0.136. The van der Waals surface area contributed by atoms with Crippen LogP contribution >= 0.6 is 0 Å². The van der Waals surface area contributed by atoms with Crippen LogP contribution in [0.2, 0.25) is 0 Å². The lowest BCUT2D eigenvalue weighted by atomic mass is 9.94. The number of nitrogens with zero attached hydrogens (tertiary/aromatic N) is 1. The van der Waals surface area contributed by atoms with E-state index in [1.165, 1.54) is 7.11 Å². The average Bonchev–Trinajstić information content (AvgIpc) is 3.03. The van der Waals surface area contributed by atoms with E-state index in [0.717, 1.165) is 12.0 Å². The van der Waals surface area contributed by atoms with Crippen molar-refractivity contribution in [2.75, 3.05) is 20.2 Å². The van der Waals surface area contributed by atoms with Crippen LogP contribution in [0.25, 0.3) is 0 Å². The molecule has 0 bridgehead atoms. The zero-order valence-corrected chi connectivity index (χ0v) is 18.6. The highest BCUT2D eigenvalue weighted by Gasteiger charge is 2.32. The van der Waals surface area contributed by atoms with Crippen LogP contribution < -0.4 is 5.32 Å². The molecular formula is C22H35N3O4. The summed E-state index contributed by atoms with van der Waals surface area (Å²) >= 11 is 0. The minimum atomic E-state index is -0.420. The van der Waals surface area contributed by atoms with Crippen molar-refractivity contribution < 1.29 is 19.1 Å². The zero-order valence-electron chi connectivity index (χ0n) is 18.6. The predicted molar refractivity (Wildman–Crippen MR) is 112 cm³/mol. The van der Waals surface area contributed by atoms with Crippen LogP contribution in [0, 0.1) is 18.8 Å². The standard InChI is InChI=1S/C22H35N3O4/c1-7-8-17-18(22(28)29-6)15(5)23-19(17)21(27)25-11-9-16(10-12-25)20(26)24-14(4)13(2)3/h13-14,16,23H,7-12H2,1-6H3,(H,24,26). The number of aromatic amines is 1. The number of carbonyl (C=O) groups excluding carboxylic acids is 3. The fourth-order valence-electron chi connectivity index (χ4n) is 3.75. The summed E-state index contributed by atoms with van der Waals surface area (Å²) in [7, 11) is 1.35. The lowest BCUT2D eigenvalue weighted by Gasteiger charge is -2.32. The Bertz CT molecular complexity index is 745. The summed E-state index contributed by atoms with van der Waals surface area (Å²) in [5, 5.41) is 3.08. The number of carbonyl (C=O) groups is 3. The third-order valence-corrected chi connectivity index (χ3v) is 5.92. The third kappa shape index (κ3) is 5.19. The van der Waals surface area contributed by atoms with Crippen molar-refractivity contribution in [2.45, 2.75) is 66.3 Å². The van der Waals surface area contributed by atoms with E-state index in [1.54, 1.807) is 11.8 Å². The molecule has 1 fully saturated rings. The first kappa shape index (κ1) is 23.0. The van der Waals surface area contributed by atoms with E-state index < -0.39 is 5.97 Å². The van der Waals surface area contributed by atoms with E-state index in [-0.39, 0.29) is 23.8 Å². The predicted octanol–water partition coefficient (Wildman–Crippen LogP) is 3.08. The number of piperidine rings is 1. The first-order chi connectivity index (χ1) is 13.7. The Morgan fingerprint density at radius 1 is 1.21 bits per heavy atom. The summed E-state index contributed by atoms with van der Waals surface area (Å²) in [5.41, 5.74) is 2.32. The summed E-state index contributed by atoms with van der Waals surface area (Å²) in [5.74, 6) is -0.130. The van der Waals surface area contributed by atoms with Crippen molar-refractivity contribution >= 4 is 17.8 Å². The molecule has 0 aliphatic carbocycles. The molecular weight excluding hydrogens is 370 g/mol. The molecule has 1 unspecified atom stereocenters. The lowest BCUT2D eigenvalue weighted by molar-refractivity contribution is -0.127. The van der Waals surface area contributed by atoms with Gasteiger partial charge in [0.15, 0.2) is 0 Å². The number of esters is 1. The van der Waals surface area contributed by atoms with Crippen LogP contribution in [-0.4, -0.2) is 53.9 Å². The molecule has 0 spiro atoms. The SMILES string of the molecule is CCCc1c(C(=O)N2CCC(C(=O)NC(C)C(C)C)CC2)[nH]c(C)c1C(=O)OC. The molecule has 1 aliphatic heterocycles. The van der Waals surface area contributed by atoms with Crippen molar-refractivity contribution in [3.8, 4) is 0 Å². The van der Waals surface area contributed by atoms with Gasteiger partial charge in [-0.25, -0.2) is 4.79 Å². The average molecular weight is 406 g/mol. The fraction of sp³-hybridized carbons (Fsp3) is 0.682. The van der Waals surface area contributed by atoms with Crippen molar-refractivity contribution in [2.24, 2.45) is 11.8 Å². The van der Waals surface area contributed by atoms with Gasteiger partial charge < -0.3 is 19.9 Å². The van der Waals surface area contributed by atoms with Gasteiger partial charge in [0.25, 0.3) is 5.91 Å². The number of H-pyrrole nitrogens is 1. The molecule has 1 atom stereocenters. The smallest absolute Gasteiger partial charge is 0.339 e. The quantitative estimate of drug-likeness (QED) is 0.682. The zero-order chi connectivity index (χ0) is 21.7. The highest BCUT2D eigenvalue weighted by molar-refractivity contribution is 6.00. The van der Waals surface area contributed by atoms with E-state index in [2.05, 4.69) is 24.1 Å². The number of aromatic nitrogens is 1. The van der Waals surface area contributed by atoms with Crippen LogP contribution in [0.1, 0.15) is 79.1 Å². The molecule has 2 heterocycles. The van der Waals surface area contributed by atoms with Gasteiger partial charge in [-0.3, -0.25) is 9.59 Å². The molecule has 7 nitrogen and oxygen atoms in total. The lowest BCUT2D eigenvalue weighted by Crippen LogP contribution is -2.46. The first-order valence-corrected chi connectivity index (χ1v) is 10.6. The van der Waals surface area contributed by atoms with Crippen LogP contribution in [0.5, 0.6) is 0 Å². The molecule has 1 aromatic rings. The number of aryl methyl sites for hydroxylation is 1. The molecule has 29 heavy (non-hydrogen) atoms. The number of likely N-dealkylation sites (tertiary alicyclic amines) is 1. The Morgan fingerprint density at radius 2 is 1.83 bits per heavy atom.